The lowest BCUT2D eigenvalue weighted by atomic mass is 10.0. The Morgan fingerprint density at radius 1 is 1.24 bits per heavy atom. The molecule has 0 bridgehead atoms. The van der Waals surface area contributed by atoms with E-state index in [9.17, 15) is 19.1 Å². The molecule has 0 radical (unpaired) electrons. The summed E-state index contributed by atoms with van der Waals surface area (Å²) >= 11 is 0. The predicted molar refractivity (Wildman–Crippen MR) is 123 cm³/mol. The van der Waals surface area contributed by atoms with Gasteiger partial charge in [0.15, 0.2) is 0 Å². The summed E-state index contributed by atoms with van der Waals surface area (Å²) in [5.74, 6) is -1.77. The second kappa shape index (κ2) is 8.12. The van der Waals surface area contributed by atoms with Crippen molar-refractivity contribution in [3.63, 3.8) is 0 Å². The van der Waals surface area contributed by atoms with Crippen LogP contribution in [0.1, 0.15) is 46.1 Å². The van der Waals surface area contributed by atoms with Crippen molar-refractivity contribution in [2.75, 3.05) is 5.32 Å². The molecule has 1 fully saturated rings. The van der Waals surface area contributed by atoms with Gasteiger partial charge in [-0.25, -0.2) is 19.2 Å². The van der Waals surface area contributed by atoms with E-state index in [1.54, 1.807) is 10.8 Å². The molecule has 8 heteroatoms. The number of carboxylic acids is 1. The molecule has 1 saturated carbocycles. The van der Waals surface area contributed by atoms with E-state index in [1.807, 2.05) is 37.3 Å². The Balaban J connectivity index is 1.52. The fourth-order valence-electron chi connectivity index (χ4n) is 3.95. The maximum Gasteiger partial charge on any atom is 0.341 e. The quantitative estimate of drug-likeness (QED) is 0.451. The molecule has 2 N–H and O–H groups in total. The minimum atomic E-state index is -1.32. The summed E-state index contributed by atoms with van der Waals surface area (Å²) in [5, 5.41) is 12.3. The zero-order valence-electron chi connectivity index (χ0n) is 17.9. The fourth-order valence-corrected chi connectivity index (χ4v) is 3.95. The SMILES string of the molecule is Cc1ccccc1Cc1ccnc(Nc2cc3c(cc2F)c(=O)c(C(=O)O)cn3C2CC2)n1. The normalized spacial score (nSPS) is 13.3. The molecule has 2 aromatic carbocycles. The van der Waals surface area contributed by atoms with Crippen LogP contribution in [0.25, 0.3) is 10.9 Å². The Labute approximate surface area is 188 Å². The van der Waals surface area contributed by atoms with Crippen molar-refractivity contribution in [3.8, 4) is 0 Å². The van der Waals surface area contributed by atoms with Crippen molar-refractivity contribution in [1.29, 1.82) is 0 Å². The summed E-state index contributed by atoms with van der Waals surface area (Å²) in [7, 11) is 0. The van der Waals surface area contributed by atoms with Crippen LogP contribution >= 0.6 is 0 Å². The van der Waals surface area contributed by atoms with Crippen LogP contribution in [0.3, 0.4) is 0 Å². The number of anilines is 2. The van der Waals surface area contributed by atoms with Crippen LogP contribution in [0.2, 0.25) is 0 Å². The average molecular weight is 444 g/mol. The lowest BCUT2D eigenvalue weighted by molar-refractivity contribution is 0.0695. The van der Waals surface area contributed by atoms with Crippen LogP contribution in [0.4, 0.5) is 16.0 Å². The first kappa shape index (κ1) is 20.8. The van der Waals surface area contributed by atoms with Crippen molar-refractivity contribution in [3.05, 3.63) is 93.3 Å². The summed E-state index contributed by atoms with van der Waals surface area (Å²) in [6.45, 7) is 2.04. The molecule has 0 saturated heterocycles. The highest BCUT2D eigenvalue weighted by atomic mass is 19.1. The lowest BCUT2D eigenvalue weighted by Gasteiger charge is -2.14. The van der Waals surface area contributed by atoms with Gasteiger partial charge < -0.3 is 15.0 Å². The Hall–Kier alpha value is -4.07. The number of fused-ring (bicyclic) bond motifs is 1. The standard InChI is InChI=1S/C25H21FN4O3/c1-14-4-2-3-5-15(14)10-16-8-9-27-25(28-16)29-21-12-22-18(11-20(21)26)23(31)19(24(32)33)13-30(22)17-6-7-17/h2-5,8-9,11-13,17H,6-7,10H2,1H3,(H,32,33)(H,27,28,29). The van der Waals surface area contributed by atoms with E-state index >= 15 is 0 Å². The second-order valence-corrected chi connectivity index (χ2v) is 8.26. The number of carboxylic acid groups (broad SMARTS) is 1. The van der Waals surface area contributed by atoms with E-state index in [1.165, 1.54) is 12.3 Å². The third kappa shape index (κ3) is 4.07. The zero-order chi connectivity index (χ0) is 23.1. The Morgan fingerprint density at radius 2 is 2.03 bits per heavy atom. The van der Waals surface area contributed by atoms with Gasteiger partial charge in [-0.3, -0.25) is 4.79 Å². The monoisotopic (exact) mass is 444 g/mol. The topological polar surface area (TPSA) is 97.1 Å². The zero-order valence-corrected chi connectivity index (χ0v) is 17.9. The van der Waals surface area contributed by atoms with E-state index in [4.69, 9.17) is 0 Å². The van der Waals surface area contributed by atoms with Gasteiger partial charge in [-0.1, -0.05) is 24.3 Å². The molecule has 1 aliphatic rings. The highest BCUT2D eigenvalue weighted by molar-refractivity contribution is 5.93. The number of carbonyl (C=O) groups is 1. The summed E-state index contributed by atoms with van der Waals surface area (Å²) in [4.78, 5) is 32.9. The Morgan fingerprint density at radius 3 is 2.76 bits per heavy atom. The summed E-state index contributed by atoms with van der Waals surface area (Å²) < 4.78 is 16.7. The molecule has 1 aliphatic carbocycles. The lowest BCUT2D eigenvalue weighted by Crippen LogP contribution is -2.19. The van der Waals surface area contributed by atoms with Gasteiger partial charge in [0.1, 0.15) is 11.4 Å². The van der Waals surface area contributed by atoms with Crippen molar-refractivity contribution < 1.29 is 14.3 Å². The molecule has 4 aromatic rings. The van der Waals surface area contributed by atoms with Gasteiger partial charge in [-0.05, 0) is 49.1 Å². The molecule has 2 aromatic heterocycles. The number of hydrogen-bond donors (Lipinski definition) is 2. The van der Waals surface area contributed by atoms with Crippen LogP contribution in [0.15, 0.2) is 59.7 Å². The number of aryl methyl sites for hydroxylation is 1. The minimum Gasteiger partial charge on any atom is -0.477 e. The third-order valence-corrected chi connectivity index (χ3v) is 5.88. The first-order chi connectivity index (χ1) is 15.9. The molecule has 166 valence electrons. The second-order valence-electron chi connectivity index (χ2n) is 8.26. The number of rotatable bonds is 6. The van der Waals surface area contributed by atoms with Crippen LogP contribution < -0.4 is 10.7 Å². The Kier molecular flexibility index (Phi) is 5.12. The molecule has 0 aliphatic heterocycles. The highest BCUT2D eigenvalue weighted by Gasteiger charge is 2.27. The number of pyridine rings is 1. The first-order valence-corrected chi connectivity index (χ1v) is 10.7. The van der Waals surface area contributed by atoms with Crippen molar-refractivity contribution in [2.24, 2.45) is 0 Å². The molecule has 0 spiro atoms. The number of benzene rings is 2. The molecule has 0 unspecified atom stereocenters. The van der Waals surface area contributed by atoms with E-state index in [2.05, 4.69) is 15.3 Å². The maximum absolute atomic E-state index is 15.0. The van der Waals surface area contributed by atoms with E-state index in [0.29, 0.717) is 11.9 Å². The smallest absolute Gasteiger partial charge is 0.341 e. The number of hydrogen-bond acceptors (Lipinski definition) is 5. The summed E-state index contributed by atoms with van der Waals surface area (Å²) in [6.07, 6.45) is 5.33. The van der Waals surface area contributed by atoms with Gasteiger partial charge in [-0.15, -0.1) is 0 Å². The van der Waals surface area contributed by atoms with E-state index < -0.39 is 17.2 Å². The van der Waals surface area contributed by atoms with Gasteiger partial charge in [-0.2, -0.15) is 0 Å². The summed E-state index contributed by atoms with van der Waals surface area (Å²) in [5.41, 5.74) is 2.62. The van der Waals surface area contributed by atoms with E-state index in [-0.39, 0.29) is 28.6 Å². The largest absolute Gasteiger partial charge is 0.477 e. The number of nitrogens with one attached hydrogen (secondary N) is 1. The fraction of sp³-hybridized carbons (Fsp3) is 0.200. The number of aromatic carboxylic acids is 1. The number of aromatic nitrogens is 3. The van der Waals surface area contributed by atoms with Gasteiger partial charge >= 0.3 is 5.97 Å². The molecule has 5 rings (SSSR count). The third-order valence-electron chi connectivity index (χ3n) is 5.88. The maximum atomic E-state index is 15.0. The molecular weight excluding hydrogens is 423 g/mol. The van der Waals surface area contributed by atoms with Crippen LogP contribution in [0, 0.1) is 12.7 Å². The van der Waals surface area contributed by atoms with Gasteiger partial charge in [0.25, 0.3) is 0 Å². The predicted octanol–water partition coefficient (Wildman–Crippen LogP) is 4.61. The minimum absolute atomic E-state index is 0.0408. The van der Waals surface area contributed by atoms with Crippen LogP contribution in [-0.2, 0) is 6.42 Å². The molecule has 7 nitrogen and oxygen atoms in total. The van der Waals surface area contributed by atoms with Gasteiger partial charge in [0.2, 0.25) is 11.4 Å². The molecule has 0 atom stereocenters. The van der Waals surface area contributed by atoms with Crippen molar-refractivity contribution >= 4 is 28.5 Å². The number of halogens is 1. The molecule has 0 amide bonds. The molecular formula is C25H21FN4O3. The van der Waals surface area contributed by atoms with Crippen molar-refractivity contribution in [2.45, 2.75) is 32.2 Å². The molecule has 33 heavy (non-hydrogen) atoms. The van der Waals surface area contributed by atoms with Gasteiger partial charge in [0, 0.05) is 30.2 Å². The number of nitrogens with zero attached hydrogens (tertiary/aromatic N) is 3. The highest BCUT2D eigenvalue weighted by Crippen LogP contribution is 2.38. The average Bonchev–Trinajstić information content (AvgIpc) is 3.62. The van der Waals surface area contributed by atoms with Gasteiger partial charge in [0.05, 0.1) is 16.9 Å². The molecule has 2 heterocycles. The van der Waals surface area contributed by atoms with E-state index in [0.717, 1.165) is 35.7 Å². The summed E-state index contributed by atoms with van der Waals surface area (Å²) in [6, 6.07) is 12.5. The van der Waals surface area contributed by atoms with Crippen molar-refractivity contribution in [1.82, 2.24) is 14.5 Å². The Bertz CT molecular complexity index is 1460. The van der Waals surface area contributed by atoms with Crippen LogP contribution in [0.5, 0.6) is 0 Å². The first-order valence-electron chi connectivity index (χ1n) is 10.7. The van der Waals surface area contributed by atoms with Crippen LogP contribution in [-0.4, -0.2) is 25.6 Å².